The Hall–Kier alpha value is -1.08. The third kappa shape index (κ3) is 17.3. The minimum atomic E-state index is 0.709. The summed E-state index contributed by atoms with van der Waals surface area (Å²) in [6, 6.07) is 8.35. The Morgan fingerprint density at radius 2 is 1.28 bits per heavy atom. The summed E-state index contributed by atoms with van der Waals surface area (Å²) < 4.78 is 4.97. The van der Waals surface area contributed by atoms with Gasteiger partial charge in [-0.1, -0.05) is 69.7 Å². The summed E-state index contributed by atoms with van der Waals surface area (Å²) in [4.78, 5) is 0. The van der Waals surface area contributed by atoms with Crippen molar-refractivity contribution < 1.29 is 4.74 Å². The zero-order valence-electron chi connectivity index (χ0n) is 13.6. The zero-order chi connectivity index (χ0) is 14.8. The van der Waals surface area contributed by atoms with Crippen LogP contribution >= 0.6 is 0 Å². The van der Waals surface area contributed by atoms with Gasteiger partial charge in [-0.05, 0) is 26.3 Å². The van der Waals surface area contributed by atoms with Gasteiger partial charge in [-0.15, -0.1) is 0 Å². The number of allylic oxidation sites excluding steroid dienone is 2. The van der Waals surface area contributed by atoms with E-state index in [2.05, 4.69) is 31.2 Å². The Bertz CT molecular complexity index is 243. The van der Waals surface area contributed by atoms with E-state index in [9.17, 15) is 0 Å². The summed E-state index contributed by atoms with van der Waals surface area (Å²) >= 11 is 0. The predicted molar refractivity (Wildman–Crippen MR) is 85.1 cm³/mol. The van der Waals surface area contributed by atoms with E-state index in [1.165, 1.54) is 11.1 Å². The van der Waals surface area contributed by atoms with Crippen LogP contribution in [0.1, 0.15) is 52.7 Å². The Kier molecular flexibility index (Phi) is 26.1. The molecule has 0 radical (unpaired) electrons. The Morgan fingerprint density at radius 1 is 0.889 bits per heavy atom. The molecule has 0 aliphatic heterocycles. The van der Waals surface area contributed by atoms with Gasteiger partial charge in [0.25, 0.3) is 0 Å². The standard InChI is InChI=1S/C9H12O.C4H8.2C2H6/c1-8-3-5-9(6-4-8)7-10-2;1-3-4-2;2*1-2/h3-6H,7H2,1-2H3;3-4H,1-2H3;2*1-2H3/b;4-3-;;. The van der Waals surface area contributed by atoms with Gasteiger partial charge in [0.1, 0.15) is 0 Å². The van der Waals surface area contributed by atoms with Gasteiger partial charge in [-0.25, -0.2) is 0 Å². The molecule has 0 aromatic heterocycles. The van der Waals surface area contributed by atoms with Crippen molar-refractivity contribution in [2.45, 2.75) is 55.1 Å². The van der Waals surface area contributed by atoms with Crippen molar-refractivity contribution >= 4 is 0 Å². The molecule has 0 heterocycles. The SMILES string of the molecule is C/C=C\C.CC.CC.COCc1ccc(C)cc1. The summed E-state index contributed by atoms with van der Waals surface area (Å²) in [5.41, 5.74) is 2.52. The average molecular weight is 252 g/mol. The maximum Gasteiger partial charge on any atom is 0.0713 e. The van der Waals surface area contributed by atoms with E-state index in [1.807, 2.05) is 53.7 Å². The van der Waals surface area contributed by atoms with Crippen LogP contribution in [0.3, 0.4) is 0 Å². The summed E-state index contributed by atoms with van der Waals surface area (Å²) in [7, 11) is 1.71. The van der Waals surface area contributed by atoms with Crippen LogP contribution in [-0.2, 0) is 11.3 Å². The predicted octanol–water partition coefficient (Wildman–Crippen LogP) is 5.78. The molecular weight excluding hydrogens is 220 g/mol. The minimum Gasteiger partial charge on any atom is -0.380 e. The molecule has 0 aliphatic carbocycles. The molecule has 1 heteroatoms. The number of hydrogen-bond donors (Lipinski definition) is 0. The first-order chi connectivity index (χ1) is 8.74. The highest BCUT2D eigenvalue weighted by atomic mass is 16.5. The second-order valence-electron chi connectivity index (χ2n) is 3.09. The van der Waals surface area contributed by atoms with Crippen molar-refractivity contribution in [1.82, 2.24) is 0 Å². The van der Waals surface area contributed by atoms with E-state index in [4.69, 9.17) is 4.74 Å². The number of hydrogen-bond acceptors (Lipinski definition) is 1. The lowest BCUT2D eigenvalue weighted by molar-refractivity contribution is 0.185. The van der Waals surface area contributed by atoms with Gasteiger partial charge in [0.15, 0.2) is 0 Å². The molecule has 1 nitrogen and oxygen atoms in total. The molecule has 0 fully saturated rings. The molecule has 0 bridgehead atoms. The van der Waals surface area contributed by atoms with Crippen molar-refractivity contribution in [3.8, 4) is 0 Å². The third-order valence-electron chi connectivity index (χ3n) is 1.76. The first-order valence-corrected chi connectivity index (χ1v) is 6.86. The Balaban J connectivity index is -0.000000238. The molecule has 1 aromatic rings. The summed E-state index contributed by atoms with van der Waals surface area (Å²) in [5.74, 6) is 0. The van der Waals surface area contributed by atoms with Crippen molar-refractivity contribution in [1.29, 1.82) is 0 Å². The largest absolute Gasteiger partial charge is 0.380 e. The minimum absolute atomic E-state index is 0.709. The van der Waals surface area contributed by atoms with Gasteiger partial charge in [0.2, 0.25) is 0 Å². The van der Waals surface area contributed by atoms with E-state index < -0.39 is 0 Å². The Morgan fingerprint density at radius 3 is 1.56 bits per heavy atom. The number of ether oxygens (including phenoxy) is 1. The molecule has 0 atom stereocenters. The van der Waals surface area contributed by atoms with E-state index in [0.717, 1.165) is 0 Å². The molecule has 0 amide bonds. The molecule has 1 aromatic carbocycles. The normalized spacial score (nSPS) is 8.22. The molecule has 0 spiro atoms. The summed E-state index contributed by atoms with van der Waals surface area (Å²) in [6.07, 6.45) is 4.00. The molecule has 1 rings (SSSR count). The summed E-state index contributed by atoms with van der Waals surface area (Å²) in [6.45, 7) is 14.8. The maximum absolute atomic E-state index is 4.97. The second kappa shape index (κ2) is 21.2. The molecule has 0 unspecified atom stereocenters. The fourth-order valence-corrected chi connectivity index (χ4v) is 0.851. The first kappa shape index (κ1) is 22.1. The van der Waals surface area contributed by atoms with Crippen LogP contribution in [0.5, 0.6) is 0 Å². The highest BCUT2D eigenvalue weighted by Gasteiger charge is 1.88. The number of methoxy groups -OCH3 is 1. The van der Waals surface area contributed by atoms with Crippen molar-refractivity contribution in [2.24, 2.45) is 0 Å². The van der Waals surface area contributed by atoms with Gasteiger partial charge in [-0.2, -0.15) is 0 Å². The van der Waals surface area contributed by atoms with Crippen LogP contribution in [0.25, 0.3) is 0 Å². The fraction of sp³-hybridized carbons (Fsp3) is 0.529. The molecule has 0 N–H and O–H groups in total. The van der Waals surface area contributed by atoms with Gasteiger partial charge in [-0.3, -0.25) is 0 Å². The van der Waals surface area contributed by atoms with Crippen LogP contribution in [0, 0.1) is 6.92 Å². The molecule has 106 valence electrons. The molecule has 0 saturated heterocycles. The quantitative estimate of drug-likeness (QED) is 0.606. The molecule has 18 heavy (non-hydrogen) atoms. The van der Waals surface area contributed by atoms with Gasteiger partial charge < -0.3 is 4.74 Å². The van der Waals surface area contributed by atoms with E-state index in [-0.39, 0.29) is 0 Å². The van der Waals surface area contributed by atoms with E-state index >= 15 is 0 Å². The van der Waals surface area contributed by atoms with Crippen LogP contribution in [0.2, 0.25) is 0 Å². The van der Waals surface area contributed by atoms with Crippen molar-refractivity contribution in [3.63, 3.8) is 0 Å². The van der Waals surface area contributed by atoms with Crippen LogP contribution < -0.4 is 0 Å². The lowest BCUT2D eigenvalue weighted by Gasteiger charge is -1.98. The zero-order valence-corrected chi connectivity index (χ0v) is 13.6. The number of rotatable bonds is 2. The monoisotopic (exact) mass is 252 g/mol. The number of aryl methyl sites for hydroxylation is 1. The highest BCUT2D eigenvalue weighted by molar-refractivity contribution is 5.20. The molecule has 0 aliphatic rings. The molecular formula is C17H32O. The average Bonchev–Trinajstić information content (AvgIpc) is 2.46. The van der Waals surface area contributed by atoms with E-state index in [1.54, 1.807) is 7.11 Å². The van der Waals surface area contributed by atoms with Crippen LogP contribution in [0.15, 0.2) is 36.4 Å². The highest BCUT2D eigenvalue weighted by Crippen LogP contribution is 2.03. The topological polar surface area (TPSA) is 9.23 Å². The smallest absolute Gasteiger partial charge is 0.0713 e. The van der Waals surface area contributed by atoms with E-state index in [0.29, 0.717) is 6.61 Å². The van der Waals surface area contributed by atoms with Crippen LogP contribution in [0.4, 0.5) is 0 Å². The fourth-order valence-electron chi connectivity index (χ4n) is 0.851. The summed E-state index contributed by atoms with van der Waals surface area (Å²) in [5, 5.41) is 0. The number of benzene rings is 1. The maximum atomic E-state index is 4.97. The Labute approximate surface area is 115 Å². The van der Waals surface area contributed by atoms with Crippen molar-refractivity contribution in [3.05, 3.63) is 47.5 Å². The van der Waals surface area contributed by atoms with Gasteiger partial charge >= 0.3 is 0 Å². The van der Waals surface area contributed by atoms with Crippen LogP contribution in [-0.4, -0.2) is 7.11 Å². The molecule has 0 saturated carbocycles. The van der Waals surface area contributed by atoms with Gasteiger partial charge in [0, 0.05) is 7.11 Å². The van der Waals surface area contributed by atoms with Gasteiger partial charge in [0.05, 0.1) is 6.61 Å². The third-order valence-corrected chi connectivity index (χ3v) is 1.76. The first-order valence-electron chi connectivity index (χ1n) is 6.86. The second-order valence-corrected chi connectivity index (χ2v) is 3.09. The van der Waals surface area contributed by atoms with Crippen molar-refractivity contribution in [2.75, 3.05) is 7.11 Å². The lowest BCUT2D eigenvalue weighted by Crippen LogP contribution is -1.85. The lowest BCUT2D eigenvalue weighted by atomic mass is 10.2.